The monoisotopic (exact) mass is 254 g/mol. The van der Waals surface area contributed by atoms with Crippen molar-refractivity contribution in [2.24, 2.45) is 5.92 Å². The fourth-order valence-corrected chi connectivity index (χ4v) is 1.52. The number of ether oxygens (including phenoxy) is 2. The number of hydrogen-bond donors (Lipinski definition) is 2. The molecule has 2 atom stereocenters. The molecular formula is C14H22O4. The summed E-state index contributed by atoms with van der Waals surface area (Å²) in [6, 6.07) is 7.68. The van der Waals surface area contributed by atoms with Crippen LogP contribution in [0, 0.1) is 5.92 Å². The van der Waals surface area contributed by atoms with Crippen LogP contribution in [0.1, 0.15) is 18.9 Å². The summed E-state index contributed by atoms with van der Waals surface area (Å²) in [7, 11) is 1.63. The molecule has 2 N–H and O–H groups in total. The minimum atomic E-state index is -0.508. The zero-order valence-corrected chi connectivity index (χ0v) is 11.0. The average molecular weight is 254 g/mol. The summed E-state index contributed by atoms with van der Waals surface area (Å²) < 4.78 is 10.5. The predicted molar refractivity (Wildman–Crippen MR) is 69.5 cm³/mol. The molecule has 1 aromatic carbocycles. The highest BCUT2D eigenvalue weighted by molar-refractivity contribution is 5.26. The number of aliphatic hydroxyl groups is 2. The van der Waals surface area contributed by atoms with E-state index >= 15 is 0 Å². The molecule has 18 heavy (non-hydrogen) atoms. The number of benzene rings is 1. The lowest BCUT2D eigenvalue weighted by atomic mass is 10.0. The largest absolute Gasteiger partial charge is 0.497 e. The van der Waals surface area contributed by atoms with Crippen molar-refractivity contribution in [2.45, 2.75) is 26.1 Å². The van der Waals surface area contributed by atoms with Crippen LogP contribution < -0.4 is 4.74 Å². The van der Waals surface area contributed by atoms with Gasteiger partial charge in [-0.1, -0.05) is 19.1 Å². The van der Waals surface area contributed by atoms with Gasteiger partial charge in [-0.3, -0.25) is 0 Å². The van der Waals surface area contributed by atoms with Crippen molar-refractivity contribution in [2.75, 3.05) is 20.3 Å². The lowest BCUT2D eigenvalue weighted by molar-refractivity contribution is 0.0325. The third kappa shape index (κ3) is 5.04. The van der Waals surface area contributed by atoms with Crippen LogP contribution in [0.25, 0.3) is 0 Å². The fourth-order valence-electron chi connectivity index (χ4n) is 1.52. The Kier molecular flexibility index (Phi) is 6.72. The third-order valence-corrected chi connectivity index (χ3v) is 2.93. The molecule has 0 fully saturated rings. The first-order valence-electron chi connectivity index (χ1n) is 6.17. The average Bonchev–Trinajstić information content (AvgIpc) is 2.43. The second kappa shape index (κ2) is 8.08. The summed E-state index contributed by atoms with van der Waals surface area (Å²) in [6.07, 6.45) is 0.0311. The SMILES string of the molecule is COc1ccc(COCC[C@@H](O)[C@H](C)CO)cc1. The van der Waals surface area contributed by atoms with Gasteiger partial charge in [0.25, 0.3) is 0 Å². The van der Waals surface area contributed by atoms with E-state index in [0.29, 0.717) is 19.6 Å². The Bertz CT molecular complexity index is 323. The van der Waals surface area contributed by atoms with Gasteiger partial charge in [0.15, 0.2) is 0 Å². The lowest BCUT2D eigenvalue weighted by Gasteiger charge is -2.16. The summed E-state index contributed by atoms with van der Waals surface area (Å²) >= 11 is 0. The molecule has 0 saturated carbocycles. The highest BCUT2D eigenvalue weighted by atomic mass is 16.5. The minimum Gasteiger partial charge on any atom is -0.497 e. The standard InChI is InChI=1S/C14H22O4/c1-11(9-15)14(16)7-8-18-10-12-3-5-13(17-2)6-4-12/h3-6,11,14-16H,7-10H2,1-2H3/t11-,14-/m1/s1. The lowest BCUT2D eigenvalue weighted by Crippen LogP contribution is -2.22. The van der Waals surface area contributed by atoms with E-state index in [1.165, 1.54) is 0 Å². The van der Waals surface area contributed by atoms with Crippen molar-refractivity contribution in [3.63, 3.8) is 0 Å². The van der Waals surface area contributed by atoms with Crippen LogP contribution in [-0.4, -0.2) is 36.6 Å². The second-order valence-electron chi connectivity index (χ2n) is 4.42. The van der Waals surface area contributed by atoms with Crippen molar-refractivity contribution in [3.05, 3.63) is 29.8 Å². The van der Waals surface area contributed by atoms with Crippen molar-refractivity contribution in [3.8, 4) is 5.75 Å². The van der Waals surface area contributed by atoms with E-state index in [1.807, 2.05) is 31.2 Å². The van der Waals surface area contributed by atoms with E-state index in [2.05, 4.69) is 0 Å². The molecule has 1 rings (SSSR count). The minimum absolute atomic E-state index is 0.000351. The van der Waals surface area contributed by atoms with Gasteiger partial charge >= 0.3 is 0 Å². The van der Waals surface area contributed by atoms with Gasteiger partial charge in [-0.2, -0.15) is 0 Å². The highest BCUT2D eigenvalue weighted by Gasteiger charge is 2.12. The highest BCUT2D eigenvalue weighted by Crippen LogP contribution is 2.12. The van der Waals surface area contributed by atoms with Gasteiger partial charge in [-0.05, 0) is 24.1 Å². The van der Waals surface area contributed by atoms with E-state index in [9.17, 15) is 5.11 Å². The number of aliphatic hydroxyl groups excluding tert-OH is 2. The Morgan fingerprint density at radius 1 is 1.22 bits per heavy atom. The smallest absolute Gasteiger partial charge is 0.118 e. The molecular weight excluding hydrogens is 232 g/mol. The first-order valence-corrected chi connectivity index (χ1v) is 6.17. The van der Waals surface area contributed by atoms with Crippen LogP contribution >= 0.6 is 0 Å². The molecule has 0 heterocycles. The molecule has 0 unspecified atom stereocenters. The van der Waals surface area contributed by atoms with Gasteiger partial charge in [0, 0.05) is 19.1 Å². The Hall–Kier alpha value is -1.10. The molecule has 0 aliphatic carbocycles. The first-order chi connectivity index (χ1) is 8.67. The molecule has 4 nitrogen and oxygen atoms in total. The van der Waals surface area contributed by atoms with Crippen molar-refractivity contribution in [1.29, 1.82) is 0 Å². The van der Waals surface area contributed by atoms with Crippen LogP contribution in [0.3, 0.4) is 0 Å². The van der Waals surface area contributed by atoms with E-state index in [0.717, 1.165) is 11.3 Å². The van der Waals surface area contributed by atoms with Crippen molar-refractivity contribution >= 4 is 0 Å². The van der Waals surface area contributed by atoms with Gasteiger partial charge in [-0.25, -0.2) is 0 Å². The summed E-state index contributed by atoms with van der Waals surface area (Å²) in [5.41, 5.74) is 1.07. The summed E-state index contributed by atoms with van der Waals surface area (Å²) in [5.74, 6) is 0.723. The van der Waals surface area contributed by atoms with Crippen LogP contribution in [0.5, 0.6) is 5.75 Å². The van der Waals surface area contributed by atoms with E-state index in [1.54, 1.807) is 7.11 Å². The maximum atomic E-state index is 9.63. The Morgan fingerprint density at radius 3 is 2.44 bits per heavy atom. The topological polar surface area (TPSA) is 58.9 Å². The van der Waals surface area contributed by atoms with E-state index in [4.69, 9.17) is 14.6 Å². The van der Waals surface area contributed by atoms with Gasteiger partial charge in [0.1, 0.15) is 5.75 Å². The van der Waals surface area contributed by atoms with Crippen LogP contribution in [0.15, 0.2) is 24.3 Å². The summed E-state index contributed by atoms with van der Waals surface area (Å²) in [4.78, 5) is 0. The number of hydrogen-bond acceptors (Lipinski definition) is 4. The zero-order chi connectivity index (χ0) is 13.4. The molecule has 0 bridgehead atoms. The zero-order valence-electron chi connectivity index (χ0n) is 11.0. The quantitative estimate of drug-likeness (QED) is 0.692. The fraction of sp³-hybridized carbons (Fsp3) is 0.571. The van der Waals surface area contributed by atoms with E-state index in [-0.39, 0.29) is 12.5 Å². The molecule has 0 saturated heterocycles. The predicted octanol–water partition coefficient (Wildman–Crippen LogP) is 1.59. The van der Waals surface area contributed by atoms with Gasteiger partial charge in [0.2, 0.25) is 0 Å². The second-order valence-corrected chi connectivity index (χ2v) is 4.42. The molecule has 4 heteroatoms. The Balaban J connectivity index is 2.21. The molecule has 0 spiro atoms. The molecule has 1 aromatic rings. The summed E-state index contributed by atoms with van der Waals surface area (Å²) in [5, 5.41) is 18.5. The molecule has 0 amide bonds. The molecule has 102 valence electrons. The maximum Gasteiger partial charge on any atom is 0.118 e. The van der Waals surface area contributed by atoms with Crippen molar-refractivity contribution < 1.29 is 19.7 Å². The maximum absolute atomic E-state index is 9.63. The Labute approximate surface area is 108 Å². The van der Waals surface area contributed by atoms with Crippen molar-refractivity contribution in [1.82, 2.24) is 0 Å². The molecule has 0 aliphatic rings. The number of rotatable bonds is 8. The van der Waals surface area contributed by atoms with Crippen LogP contribution in [0.4, 0.5) is 0 Å². The van der Waals surface area contributed by atoms with Gasteiger partial charge in [-0.15, -0.1) is 0 Å². The van der Waals surface area contributed by atoms with Gasteiger partial charge < -0.3 is 19.7 Å². The normalized spacial score (nSPS) is 14.2. The third-order valence-electron chi connectivity index (χ3n) is 2.93. The van der Waals surface area contributed by atoms with Crippen LogP contribution in [-0.2, 0) is 11.3 Å². The first kappa shape index (κ1) is 15.0. The van der Waals surface area contributed by atoms with E-state index < -0.39 is 6.10 Å². The Morgan fingerprint density at radius 2 is 1.89 bits per heavy atom. The van der Waals surface area contributed by atoms with Crippen LogP contribution in [0.2, 0.25) is 0 Å². The molecule has 0 aromatic heterocycles. The molecule has 0 radical (unpaired) electrons. The summed E-state index contributed by atoms with van der Waals surface area (Å²) in [6.45, 7) is 2.82. The number of methoxy groups -OCH3 is 1. The van der Waals surface area contributed by atoms with Gasteiger partial charge in [0.05, 0.1) is 19.8 Å². The molecule has 0 aliphatic heterocycles.